The number of rotatable bonds is 3. The van der Waals surface area contributed by atoms with E-state index in [1.165, 1.54) is 0 Å². The molecule has 1 aromatic heterocycles. The summed E-state index contributed by atoms with van der Waals surface area (Å²) in [6, 6.07) is 7.56. The van der Waals surface area contributed by atoms with Crippen molar-refractivity contribution in [3.8, 4) is 0 Å². The van der Waals surface area contributed by atoms with Gasteiger partial charge in [0.1, 0.15) is 0 Å². The van der Waals surface area contributed by atoms with E-state index < -0.39 is 17.3 Å². The minimum Gasteiger partial charge on any atom is -0.335 e. The van der Waals surface area contributed by atoms with Gasteiger partial charge in [-0.15, -0.1) is 10.2 Å². The van der Waals surface area contributed by atoms with Gasteiger partial charge in [-0.2, -0.15) is 13.2 Å². The number of nitrogen functional groups attached to an aromatic ring is 1. The number of hydrogen-bond acceptors (Lipinski definition) is 5. The average molecular weight is 371 g/mol. The zero-order valence-electron chi connectivity index (χ0n) is 13.5. The number of thioether (sulfide) groups is 1. The Bertz CT molecular complexity index is 807. The maximum absolute atomic E-state index is 12.8. The first kappa shape index (κ1) is 17.6. The van der Waals surface area contributed by atoms with Crippen LogP contribution in [-0.4, -0.2) is 32.1 Å². The maximum Gasteiger partial charge on any atom is 0.453 e. The van der Waals surface area contributed by atoms with Gasteiger partial charge in [0, 0.05) is 11.7 Å². The van der Waals surface area contributed by atoms with E-state index in [1.54, 1.807) is 11.8 Å². The summed E-state index contributed by atoms with van der Waals surface area (Å²) >= 11 is 0.852. The van der Waals surface area contributed by atoms with Crippen molar-refractivity contribution in [2.45, 2.75) is 42.9 Å². The molecule has 1 aliphatic heterocycles. The predicted octanol–water partition coefficient (Wildman–Crippen LogP) is 2.47. The van der Waals surface area contributed by atoms with Gasteiger partial charge in [0.2, 0.25) is 11.1 Å². The van der Waals surface area contributed by atoms with Crippen molar-refractivity contribution in [1.82, 2.24) is 14.9 Å². The first-order valence-corrected chi connectivity index (χ1v) is 8.43. The average Bonchev–Trinajstić information content (AvgIpc) is 3.06. The molecule has 3 rings (SSSR count). The summed E-state index contributed by atoms with van der Waals surface area (Å²) < 4.78 is 38.6. The van der Waals surface area contributed by atoms with Crippen LogP contribution in [0.15, 0.2) is 29.4 Å². The lowest BCUT2D eigenvalue weighted by molar-refractivity contribution is -0.146. The summed E-state index contributed by atoms with van der Waals surface area (Å²) in [5.41, 5.74) is 1.90. The Morgan fingerprint density at radius 2 is 2.04 bits per heavy atom. The van der Waals surface area contributed by atoms with Gasteiger partial charge in [-0.25, -0.2) is 4.68 Å². The number of alkyl halides is 3. The molecule has 134 valence electrons. The molecule has 2 N–H and O–H groups in total. The first-order valence-electron chi connectivity index (χ1n) is 7.55. The van der Waals surface area contributed by atoms with E-state index in [1.807, 2.05) is 31.2 Å². The third-order valence-electron chi connectivity index (χ3n) is 3.99. The van der Waals surface area contributed by atoms with Crippen molar-refractivity contribution in [3.05, 3.63) is 35.7 Å². The van der Waals surface area contributed by atoms with Gasteiger partial charge in [-0.05, 0) is 31.9 Å². The fourth-order valence-corrected chi connectivity index (χ4v) is 3.68. The van der Waals surface area contributed by atoms with E-state index in [4.69, 9.17) is 5.84 Å². The van der Waals surface area contributed by atoms with Crippen LogP contribution in [0.25, 0.3) is 0 Å². The van der Waals surface area contributed by atoms with Crippen LogP contribution in [-0.2, 0) is 17.4 Å². The highest BCUT2D eigenvalue weighted by molar-refractivity contribution is 8.00. The van der Waals surface area contributed by atoms with E-state index in [9.17, 15) is 18.0 Å². The molecular formula is C15H16F3N5OS. The molecule has 0 bridgehead atoms. The lowest BCUT2D eigenvalue weighted by Crippen LogP contribution is -2.40. The third-order valence-corrected chi connectivity index (χ3v) is 5.04. The van der Waals surface area contributed by atoms with Gasteiger partial charge >= 0.3 is 6.18 Å². The number of anilines is 1. The molecule has 0 fully saturated rings. The van der Waals surface area contributed by atoms with Crippen molar-refractivity contribution in [3.63, 3.8) is 0 Å². The number of nitrogens with two attached hydrogens (primary N) is 1. The standard InChI is InChI=1S/C15H16F3N5OS/c1-8-7-10-5-3-4-6-11(10)22(8)12(24)9(2)25-14-21-20-13(23(14)19)15(16,17)18/h3-6,8-9H,7,19H2,1-2H3. The van der Waals surface area contributed by atoms with Crippen LogP contribution >= 0.6 is 11.8 Å². The van der Waals surface area contributed by atoms with E-state index in [2.05, 4.69) is 10.2 Å². The second-order valence-corrected chi connectivity index (χ2v) is 7.13. The Morgan fingerprint density at radius 3 is 2.68 bits per heavy atom. The Morgan fingerprint density at radius 1 is 1.36 bits per heavy atom. The summed E-state index contributed by atoms with van der Waals surface area (Å²) in [5, 5.41) is 5.70. The maximum atomic E-state index is 12.8. The number of benzene rings is 1. The lowest BCUT2D eigenvalue weighted by atomic mass is 10.1. The fraction of sp³-hybridized carbons (Fsp3) is 0.400. The minimum atomic E-state index is -4.70. The molecule has 25 heavy (non-hydrogen) atoms. The SMILES string of the molecule is CC(Sc1nnc(C(F)(F)F)n1N)C(=O)N1c2ccccc2CC1C. The number of fused-ring (bicyclic) bond motifs is 1. The molecule has 0 spiro atoms. The Balaban J connectivity index is 1.79. The topological polar surface area (TPSA) is 77.0 Å². The Hall–Kier alpha value is -2.23. The van der Waals surface area contributed by atoms with Crippen molar-refractivity contribution in [2.75, 3.05) is 10.7 Å². The van der Waals surface area contributed by atoms with Gasteiger partial charge in [-0.3, -0.25) is 4.79 Å². The second kappa shape index (κ2) is 6.25. The van der Waals surface area contributed by atoms with Crippen LogP contribution in [0, 0.1) is 0 Å². The second-order valence-electron chi connectivity index (χ2n) is 5.82. The fourth-order valence-electron chi connectivity index (χ4n) is 2.86. The molecular weight excluding hydrogens is 355 g/mol. The number of carbonyl (C=O) groups is 1. The highest BCUT2D eigenvalue weighted by Crippen LogP contribution is 2.35. The van der Waals surface area contributed by atoms with E-state index in [0.29, 0.717) is 4.68 Å². The predicted molar refractivity (Wildman–Crippen MR) is 87.6 cm³/mol. The van der Waals surface area contributed by atoms with E-state index in [-0.39, 0.29) is 17.1 Å². The van der Waals surface area contributed by atoms with Crippen molar-refractivity contribution in [2.24, 2.45) is 0 Å². The summed E-state index contributed by atoms with van der Waals surface area (Å²) in [4.78, 5) is 14.5. The van der Waals surface area contributed by atoms with Crippen LogP contribution in [0.4, 0.5) is 18.9 Å². The largest absolute Gasteiger partial charge is 0.453 e. The third kappa shape index (κ3) is 3.17. The number of amides is 1. The molecule has 0 saturated carbocycles. The molecule has 0 aliphatic carbocycles. The molecule has 0 saturated heterocycles. The van der Waals surface area contributed by atoms with E-state index in [0.717, 1.165) is 29.4 Å². The zero-order valence-corrected chi connectivity index (χ0v) is 14.3. The first-order chi connectivity index (χ1) is 11.7. The molecule has 2 aromatic rings. The normalized spacial score (nSPS) is 18.3. The molecule has 1 amide bonds. The van der Waals surface area contributed by atoms with Crippen molar-refractivity contribution >= 4 is 23.4 Å². The molecule has 2 heterocycles. The molecule has 10 heteroatoms. The summed E-state index contributed by atoms with van der Waals surface area (Å²) in [6.45, 7) is 3.55. The highest BCUT2D eigenvalue weighted by Gasteiger charge is 2.39. The molecule has 2 atom stereocenters. The quantitative estimate of drug-likeness (QED) is 0.663. The van der Waals surface area contributed by atoms with Gasteiger partial charge in [0.05, 0.1) is 5.25 Å². The molecule has 1 aromatic carbocycles. The van der Waals surface area contributed by atoms with Gasteiger partial charge < -0.3 is 10.7 Å². The monoisotopic (exact) mass is 371 g/mol. The summed E-state index contributed by atoms with van der Waals surface area (Å²) in [7, 11) is 0. The van der Waals surface area contributed by atoms with Crippen LogP contribution in [0.3, 0.4) is 0 Å². The van der Waals surface area contributed by atoms with Gasteiger partial charge in [-0.1, -0.05) is 30.0 Å². The zero-order chi connectivity index (χ0) is 18.4. The van der Waals surface area contributed by atoms with Crippen LogP contribution in [0.2, 0.25) is 0 Å². The number of carbonyl (C=O) groups excluding carboxylic acids is 1. The van der Waals surface area contributed by atoms with E-state index >= 15 is 0 Å². The Labute approximate surface area is 146 Å². The number of aromatic nitrogens is 3. The molecule has 2 unspecified atom stereocenters. The minimum absolute atomic E-state index is 0.0190. The molecule has 6 nitrogen and oxygen atoms in total. The highest BCUT2D eigenvalue weighted by atomic mass is 32.2. The van der Waals surface area contributed by atoms with Crippen molar-refractivity contribution in [1.29, 1.82) is 0 Å². The number of para-hydroxylation sites is 1. The number of hydrogen-bond donors (Lipinski definition) is 1. The smallest absolute Gasteiger partial charge is 0.335 e. The Kier molecular flexibility index (Phi) is 4.40. The van der Waals surface area contributed by atoms with Crippen molar-refractivity contribution < 1.29 is 18.0 Å². The van der Waals surface area contributed by atoms with Gasteiger partial charge in [0.15, 0.2) is 0 Å². The summed E-state index contributed by atoms with van der Waals surface area (Å²) in [6.07, 6.45) is -3.96. The number of nitrogens with zero attached hydrogens (tertiary/aromatic N) is 4. The van der Waals surface area contributed by atoms with Gasteiger partial charge in [0.25, 0.3) is 5.82 Å². The number of halogens is 3. The lowest BCUT2D eigenvalue weighted by Gasteiger charge is -2.25. The van der Waals surface area contributed by atoms with Crippen LogP contribution in [0.1, 0.15) is 25.2 Å². The summed E-state index contributed by atoms with van der Waals surface area (Å²) in [5.74, 6) is 3.92. The van der Waals surface area contributed by atoms with Crippen LogP contribution in [0.5, 0.6) is 0 Å². The van der Waals surface area contributed by atoms with Crippen LogP contribution < -0.4 is 10.7 Å². The molecule has 1 aliphatic rings. The molecule has 0 radical (unpaired) electrons.